The number of nitrogens with one attached hydrogen (secondary N) is 2. The van der Waals surface area contributed by atoms with Crippen LogP contribution in [-0.4, -0.2) is 16.0 Å². The zero-order valence-corrected chi connectivity index (χ0v) is 14.0. The predicted molar refractivity (Wildman–Crippen MR) is 101 cm³/mol. The highest BCUT2D eigenvalue weighted by atomic mass is 16.3. The molecule has 0 fully saturated rings. The zero-order valence-electron chi connectivity index (χ0n) is 14.0. The van der Waals surface area contributed by atoms with E-state index in [9.17, 15) is 15.2 Å². The number of amides is 1. The lowest BCUT2D eigenvalue weighted by atomic mass is 10.1. The molecule has 128 valence electrons. The lowest BCUT2D eigenvalue weighted by Crippen LogP contribution is -2.14. The number of phenols is 1. The van der Waals surface area contributed by atoms with Crippen LogP contribution in [0.4, 0.5) is 11.4 Å². The molecular formula is C20H16N4O2. The number of anilines is 2. The Balaban J connectivity index is 1.82. The second-order valence-corrected chi connectivity index (χ2v) is 5.63. The molecule has 0 aliphatic rings. The lowest BCUT2D eigenvalue weighted by Gasteiger charge is -2.09. The minimum Gasteiger partial charge on any atom is -0.507 e. The van der Waals surface area contributed by atoms with Gasteiger partial charge in [-0.15, -0.1) is 0 Å². The van der Waals surface area contributed by atoms with Gasteiger partial charge in [0.1, 0.15) is 17.4 Å². The highest BCUT2D eigenvalue weighted by Gasteiger charge is 2.12. The molecule has 1 aromatic heterocycles. The van der Waals surface area contributed by atoms with Crippen LogP contribution in [0.3, 0.4) is 0 Å². The number of phenolic OH excluding ortho intramolecular Hbond substituents is 1. The number of aromatic hydroxyl groups is 1. The van der Waals surface area contributed by atoms with Crippen LogP contribution in [0.5, 0.6) is 5.75 Å². The van der Waals surface area contributed by atoms with Crippen LogP contribution in [0.2, 0.25) is 0 Å². The van der Waals surface area contributed by atoms with Gasteiger partial charge < -0.3 is 15.7 Å². The van der Waals surface area contributed by atoms with Crippen molar-refractivity contribution in [3.8, 4) is 11.8 Å². The zero-order chi connectivity index (χ0) is 18.5. The molecule has 3 aromatic rings. The Bertz CT molecular complexity index is 1030. The summed E-state index contributed by atoms with van der Waals surface area (Å²) < 4.78 is 0. The van der Waals surface area contributed by atoms with E-state index in [2.05, 4.69) is 15.6 Å². The topological polar surface area (TPSA) is 98.0 Å². The van der Waals surface area contributed by atoms with Crippen molar-refractivity contribution in [2.45, 2.75) is 6.92 Å². The fourth-order valence-corrected chi connectivity index (χ4v) is 2.45. The van der Waals surface area contributed by atoms with E-state index >= 15 is 0 Å². The molecule has 0 spiro atoms. The van der Waals surface area contributed by atoms with E-state index in [0.717, 1.165) is 5.69 Å². The van der Waals surface area contributed by atoms with Gasteiger partial charge in [-0.1, -0.05) is 24.3 Å². The summed E-state index contributed by atoms with van der Waals surface area (Å²) in [6.45, 7) is 1.87. The number of benzene rings is 2. The van der Waals surface area contributed by atoms with E-state index in [4.69, 9.17) is 0 Å². The largest absolute Gasteiger partial charge is 0.507 e. The molecule has 0 saturated carbocycles. The molecule has 26 heavy (non-hydrogen) atoms. The Kier molecular flexibility index (Phi) is 4.81. The predicted octanol–water partition coefficient (Wildman–Crippen LogP) is 3.71. The number of rotatable bonds is 4. The number of nitrogens with zero attached hydrogens (tertiary/aromatic N) is 2. The molecule has 0 aliphatic carbocycles. The molecule has 3 rings (SSSR count). The van der Waals surface area contributed by atoms with Gasteiger partial charge >= 0.3 is 0 Å². The maximum atomic E-state index is 12.4. The van der Waals surface area contributed by atoms with Crippen molar-refractivity contribution in [2.75, 3.05) is 10.6 Å². The van der Waals surface area contributed by atoms with E-state index in [1.807, 2.05) is 19.1 Å². The van der Waals surface area contributed by atoms with Gasteiger partial charge in [-0.3, -0.25) is 9.78 Å². The number of nitriles is 1. The molecular weight excluding hydrogens is 328 g/mol. The summed E-state index contributed by atoms with van der Waals surface area (Å²) in [5, 5.41) is 26.1. The van der Waals surface area contributed by atoms with Crippen molar-refractivity contribution in [1.29, 1.82) is 5.26 Å². The van der Waals surface area contributed by atoms with E-state index in [-0.39, 0.29) is 11.3 Å². The third kappa shape index (κ3) is 3.62. The lowest BCUT2D eigenvalue weighted by molar-refractivity contribution is -0.112. The van der Waals surface area contributed by atoms with E-state index in [0.29, 0.717) is 22.1 Å². The first-order valence-corrected chi connectivity index (χ1v) is 7.90. The van der Waals surface area contributed by atoms with Gasteiger partial charge in [-0.25, -0.2) is 0 Å². The van der Waals surface area contributed by atoms with E-state index in [1.54, 1.807) is 48.7 Å². The van der Waals surface area contributed by atoms with Gasteiger partial charge in [0.15, 0.2) is 0 Å². The third-order valence-electron chi connectivity index (χ3n) is 3.81. The normalized spacial score (nSPS) is 11.0. The number of carbonyl (C=O) groups is 1. The van der Waals surface area contributed by atoms with Crippen molar-refractivity contribution in [3.63, 3.8) is 0 Å². The Morgan fingerprint density at radius 1 is 1.15 bits per heavy atom. The van der Waals surface area contributed by atoms with Crippen LogP contribution in [-0.2, 0) is 4.79 Å². The van der Waals surface area contributed by atoms with Crippen LogP contribution >= 0.6 is 0 Å². The molecule has 0 atom stereocenters. The highest BCUT2D eigenvalue weighted by Crippen LogP contribution is 2.29. The second kappa shape index (κ2) is 7.36. The Morgan fingerprint density at radius 2 is 1.92 bits per heavy atom. The summed E-state index contributed by atoms with van der Waals surface area (Å²) >= 11 is 0. The first-order valence-electron chi connectivity index (χ1n) is 7.90. The highest BCUT2D eigenvalue weighted by molar-refractivity contribution is 6.11. The summed E-state index contributed by atoms with van der Waals surface area (Å²) in [5.74, 6) is -0.418. The molecule has 2 aromatic carbocycles. The molecule has 1 amide bonds. The Morgan fingerprint density at radius 3 is 2.65 bits per heavy atom. The fraction of sp³-hybridized carbons (Fsp3) is 0.0500. The van der Waals surface area contributed by atoms with Crippen molar-refractivity contribution < 1.29 is 9.90 Å². The maximum Gasteiger partial charge on any atom is 0.267 e. The fourth-order valence-electron chi connectivity index (χ4n) is 2.45. The quantitative estimate of drug-likeness (QED) is 0.495. The van der Waals surface area contributed by atoms with Gasteiger partial charge in [0, 0.05) is 28.4 Å². The number of carbonyl (C=O) groups excluding carboxylic acids is 1. The van der Waals surface area contributed by atoms with Crippen LogP contribution in [0, 0.1) is 18.3 Å². The van der Waals surface area contributed by atoms with Crippen LogP contribution in [0.15, 0.2) is 66.5 Å². The van der Waals surface area contributed by atoms with Crippen molar-refractivity contribution >= 4 is 28.1 Å². The first-order chi connectivity index (χ1) is 12.6. The van der Waals surface area contributed by atoms with Crippen molar-refractivity contribution in [3.05, 3.63) is 72.2 Å². The molecule has 0 bridgehead atoms. The smallest absolute Gasteiger partial charge is 0.267 e. The SMILES string of the molecule is Cc1ccc(N/C=C(/C#N)C(=O)Nc2cccc3c(O)cccc23)cn1. The summed E-state index contributed by atoms with van der Waals surface area (Å²) in [5.41, 5.74) is 1.98. The number of aromatic nitrogens is 1. The molecule has 0 saturated heterocycles. The second-order valence-electron chi connectivity index (χ2n) is 5.63. The average Bonchev–Trinajstić information content (AvgIpc) is 2.64. The summed E-state index contributed by atoms with van der Waals surface area (Å²) in [6, 6.07) is 15.8. The molecule has 6 nitrogen and oxygen atoms in total. The first kappa shape index (κ1) is 17.0. The van der Waals surface area contributed by atoms with Gasteiger partial charge in [0.2, 0.25) is 0 Å². The third-order valence-corrected chi connectivity index (χ3v) is 3.81. The minimum absolute atomic E-state index is 0.0808. The van der Waals surface area contributed by atoms with Crippen LogP contribution in [0.1, 0.15) is 5.69 Å². The Labute approximate surface area is 150 Å². The van der Waals surface area contributed by atoms with Gasteiger partial charge in [-0.05, 0) is 31.2 Å². The van der Waals surface area contributed by atoms with Crippen LogP contribution in [0.25, 0.3) is 10.8 Å². The standard InChI is InChI=1S/C20H16N4O2/c1-13-8-9-15(12-22-13)23-11-14(10-21)20(26)24-18-6-2-5-17-16(18)4-3-7-19(17)25/h2-9,11-12,23,25H,1H3,(H,24,26)/b14-11-. The molecule has 0 aliphatic heterocycles. The van der Waals surface area contributed by atoms with Gasteiger partial charge in [-0.2, -0.15) is 5.26 Å². The average molecular weight is 344 g/mol. The van der Waals surface area contributed by atoms with Gasteiger partial charge in [0.05, 0.1) is 11.9 Å². The molecule has 0 unspecified atom stereocenters. The number of hydrogen-bond acceptors (Lipinski definition) is 5. The van der Waals surface area contributed by atoms with E-state index in [1.165, 1.54) is 6.20 Å². The van der Waals surface area contributed by atoms with Crippen LogP contribution < -0.4 is 10.6 Å². The molecule has 3 N–H and O–H groups in total. The summed E-state index contributed by atoms with van der Waals surface area (Å²) in [4.78, 5) is 16.6. The van der Waals surface area contributed by atoms with Crippen molar-refractivity contribution in [1.82, 2.24) is 4.98 Å². The number of fused-ring (bicyclic) bond motifs is 1. The maximum absolute atomic E-state index is 12.4. The van der Waals surface area contributed by atoms with E-state index < -0.39 is 5.91 Å². The number of hydrogen-bond donors (Lipinski definition) is 3. The molecule has 6 heteroatoms. The summed E-state index contributed by atoms with van der Waals surface area (Å²) in [7, 11) is 0. The van der Waals surface area contributed by atoms with Crippen molar-refractivity contribution in [2.24, 2.45) is 0 Å². The minimum atomic E-state index is -0.545. The Hall–Kier alpha value is -3.85. The van der Waals surface area contributed by atoms with Gasteiger partial charge in [0.25, 0.3) is 5.91 Å². The monoisotopic (exact) mass is 344 g/mol. The molecule has 0 radical (unpaired) electrons. The summed E-state index contributed by atoms with van der Waals surface area (Å²) in [6.07, 6.45) is 2.95. The number of aryl methyl sites for hydroxylation is 1. The number of pyridine rings is 1. The molecule has 1 heterocycles.